The fraction of sp³-hybridized carbons (Fsp3) is 0.304. The molecule has 1 saturated heterocycles. The van der Waals surface area contributed by atoms with Crippen LogP contribution in [0, 0.1) is 0 Å². The molecule has 2 heterocycles. The first-order chi connectivity index (χ1) is 15.4. The van der Waals surface area contributed by atoms with Crippen LogP contribution in [0.2, 0.25) is 0 Å². The first kappa shape index (κ1) is 21.4. The number of piperidine rings is 1. The molecule has 2 aliphatic heterocycles. The van der Waals surface area contributed by atoms with Crippen LogP contribution in [0.25, 0.3) is 0 Å². The Labute approximate surface area is 185 Å². The minimum atomic E-state index is -0.644. The molecule has 0 spiro atoms. The van der Waals surface area contributed by atoms with Crippen LogP contribution in [0.5, 0.6) is 5.75 Å². The maximum absolute atomic E-state index is 12.9. The molecule has 1 fully saturated rings. The Morgan fingerprint density at radius 3 is 2.66 bits per heavy atom. The van der Waals surface area contributed by atoms with Crippen molar-refractivity contribution in [1.29, 1.82) is 0 Å². The summed E-state index contributed by atoms with van der Waals surface area (Å²) in [6.45, 7) is 3.04. The first-order valence-electron chi connectivity index (χ1n) is 10.5. The fourth-order valence-corrected chi connectivity index (χ4v) is 3.87. The molecule has 0 aliphatic carbocycles. The molecule has 1 unspecified atom stereocenters. The third kappa shape index (κ3) is 4.56. The van der Waals surface area contributed by atoms with Crippen LogP contribution >= 0.6 is 0 Å². The molecular weight excluding hydrogens is 412 g/mol. The topological polar surface area (TPSA) is 117 Å². The van der Waals surface area contributed by atoms with E-state index < -0.39 is 11.9 Å². The molecule has 2 aromatic carbocycles. The zero-order valence-electron chi connectivity index (χ0n) is 17.6. The van der Waals surface area contributed by atoms with E-state index in [1.807, 2.05) is 19.1 Å². The molecular formula is C23H24N4O5. The van der Waals surface area contributed by atoms with Gasteiger partial charge in [-0.2, -0.15) is 0 Å². The monoisotopic (exact) mass is 436 g/mol. The molecule has 4 rings (SSSR count). The summed E-state index contributed by atoms with van der Waals surface area (Å²) in [6.07, 6.45) is 0.541. The van der Waals surface area contributed by atoms with Crippen LogP contribution in [-0.2, 0) is 22.7 Å². The number of carbonyl (C=O) groups is 4. The fourth-order valence-electron chi connectivity index (χ4n) is 3.87. The number of benzene rings is 2. The average Bonchev–Trinajstić information content (AvgIpc) is 3.10. The largest absolute Gasteiger partial charge is 0.494 e. The Bertz CT molecular complexity index is 1070. The van der Waals surface area contributed by atoms with Crippen molar-refractivity contribution in [3.8, 4) is 5.75 Å². The van der Waals surface area contributed by atoms with E-state index in [4.69, 9.17) is 4.74 Å². The SMILES string of the molecule is CCOc1ccc(NC(=O)NCc2ccc3c(c2)C(=O)N(C2CCC(=O)NC2=O)C3)cc1. The van der Waals surface area contributed by atoms with E-state index in [0.29, 0.717) is 30.8 Å². The van der Waals surface area contributed by atoms with Gasteiger partial charge in [0.2, 0.25) is 11.8 Å². The first-order valence-corrected chi connectivity index (χ1v) is 10.5. The molecule has 0 aromatic heterocycles. The Balaban J connectivity index is 1.35. The predicted octanol–water partition coefficient (Wildman–Crippen LogP) is 2.17. The minimum absolute atomic E-state index is 0.217. The van der Waals surface area contributed by atoms with Gasteiger partial charge in [0.05, 0.1) is 6.61 Å². The normalized spacial score (nSPS) is 17.6. The molecule has 2 aromatic rings. The predicted molar refractivity (Wildman–Crippen MR) is 116 cm³/mol. The van der Waals surface area contributed by atoms with Crippen molar-refractivity contribution >= 4 is 29.4 Å². The van der Waals surface area contributed by atoms with Gasteiger partial charge in [0, 0.05) is 30.8 Å². The molecule has 5 amide bonds. The van der Waals surface area contributed by atoms with Crippen molar-refractivity contribution in [3.05, 3.63) is 59.2 Å². The lowest BCUT2D eigenvalue weighted by molar-refractivity contribution is -0.136. The number of carbonyl (C=O) groups excluding carboxylic acids is 4. The molecule has 9 nitrogen and oxygen atoms in total. The minimum Gasteiger partial charge on any atom is -0.494 e. The number of hydrogen-bond donors (Lipinski definition) is 3. The molecule has 2 aliphatic rings. The van der Waals surface area contributed by atoms with E-state index >= 15 is 0 Å². The lowest BCUT2D eigenvalue weighted by Gasteiger charge is -2.29. The molecule has 32 heavy (non-hydrogen) atoms. The number of imide groups is 1. The van der Waals surface area contributed by atoms with Gasteiger partial charge in [0.25, 0.3) is 5.91 Å². The second-order valence-electron chi connectivity index (χ2n) is 7.66. The average molecular weight is 436 g/mol. The molecule has 0 bridgehead atoms. The highest BCUT2D eigenvalue weighted by Gasteiger charge is 2.39. The van der Waals surface area contributed by atoms with Crippen LogP contribution in [0.1, 0.15) is 41.3 Å². The Hall–Kier alpha value is -3.88. The van der Waals surface area contributed by atoms with Crippen LogP contribution in [0.15, 0.2) is 42.5 Å². The van der Waals surface area contributed by atoms with E-state index in [-0.39, 0.29) is 30.8 Å². The van der Waals surface area contributed by atoms with Gasteiger partial charge in [-0.05, 0) is 54.8 Å². The number of ether oxygens (including phenoxy) is 1. The van der Waals surface area contributed by atoms with Crippen molar-refractivity contribution in [1.82, 2.24) is 15.5 Å². The maximum atomic E-state index is 12.9. The lowest BCUT2D eigenvalue weighted by atomic mass is 10.0. The van der Waals surface area contributed by atoms with E-state index in [9.17, 15) is 19.2 Å². The summed E-state index contributed by atoms with van der Waals surface area (Å²) in [6, 6.07) is 11.5. The standard InChI is InChI=1S/C23H24N4O5/c1-2-32-17-7-5-16(6-8-17)25-23(31)24-12-14-3-4-15-13-27(22(30)18(15)11-14)19-9-10-20(28)26-21(19)29/h3-8,11,19H,2,9-10,12-13H2,1H3,(H2,24,25,31)(H,26,28,29). The van der Waals surface area contributed by atoms with Crippen molar-refractivity contribution in [2.24, 2.45) is 0 Å². The number of nitrogens with zero attached hydrogens (tertiary/aromatic N) is 1. The number of nitrogens with one attached hydrogen (secondary N) is 3. The smallest absolute Gasteiger partial charge is 0.319 e. The summed E-state index contributed by atoms with van der Waals surface area (Å²) in [5.41, 5.74) is 2.74. The molecule has 9 heteroatoms. The molecule has 1 atom stereocenters. The zero-order valence-corrected chi connectivity index (χ0v) is 17.6. The third-order valence-electron chi connectivity index (χ3n) is 5.47. The Morgan fingerprint density at radius 1 is 1.16 bits per heavy atom. The summed E-state index contributed by atoms with van der Waals surface area (Å²) < 4.78 is 5.38. The number of rotatable bonds is 6. The second-order valence-corrected chi connectivity index (χ2v) is 7.66. The van der Waals surface area contributed by atoms with Gasteiger partial charge in [-0.1, -0.05) is 12.1 Å². The quantitative estimate of drug-likeness (QED) is 0.600. The Morgan fingerprint density at radius 2 is 1.94 bits per heavy atom. The van der Waals surface area contributed by atoms with Crippen molar-refractivity contribution in [2.75, 3.05) is 11.9 Å². The van der Waals surface area contributed by atoms with Crippen LogP contribution in [-0.4, -0.2) is 41.3 Å². The van der Waals surface area contributed by atoms with Gasteiger partial charge in [0.15, 0.2) is 0 Å². The van der Waals surface area contributed by atoms with Gasteiger partial charge in [-0.3, -0.25) is 19.7 Å². The van der Waals surface area contributed by atoms with Gasteiger partial charge < -0.3 is 20.3 Å². The van der Waals surface area contributed by atoms with Crippen LogP contribution in [0.3, 0.4) is 0 Å². The summed E-state index contributed by atoms with van der Waals surface area (Å²) in [5, 5.41) is 7.81. The highest BCUT2D eigenvalue weighted by molar-refractivity contribution is 6.05. The van der Waals surface area contributed by atoms with Crippen LogP contribution < -0.4 is 20.7 Å². The van der Waals surface area contributed by atoms with Gasteiger partial charge in [-0.25, -0.2) is 4.79 Å². The van der Waals surface area contributed by atoms with Crippen molar-refractivity contribution in [3.63, 3.8) is 0 Å². The van der Waals surface area contributed by atoms with Gasteiger partial charge in [0.1, 0.15) is 11.8 Å². The zero-order chi connectivity index (χ0) is 22.7. The number of hydrogen-bond acceptors (Lipinski definition) is 5. The highest BCUT2D eigenvalue weighted by Crippen LogP contribution is 2.28. The molecule has 0 saturated carbocycles. The van der Waals surface area contributed by atoms with E-state index in [2.05, 4.69) is 16.0 Å². The molecule has 0 radical (unpaired) electrons. The maximum Gasteiger partial charge on any atom is 0.319 e. The Kier molecular flexibility index (Phi) is 6.07. The van der Waals surface area contributed by atoms with Crippen molar-refractivity contribution in [2.45, 2.75) is 38.9 Å². The lowest BCUT2D eigenvalue weighted by Crippen LogP contribution is -2.52. The van der Waals surface area contributed by atoms with E-state index in [1.54, 1.807) is 30.3 Å². The number of amides is 5. The molecule has 166 valence electrons. The van der Waals surface area contributed by atoms with Crippen LogP contribution in [0.4, 0.5) is 10.5 Å². The highest BCUT2D eigenvalue weighted by atomic mass is 16.5. The van der Waals surface area contributed by atoms with Crippen molar-refractivity contribution < 1.29 is 23.9 Å². The number of fused-ring (bicyclic) bond motifs is 1. The summed E-state index contributed by atoms with van der Waals surface area (Å²) in [5.74, 6) is -0.259. The number of anilines is 1. The summed E-state index contributed by atoms with van der Waals surface area (Å²) in [4.78, 5) is 50.1. The summed E-state index contributed by atoms with van der Waals surface area (Å²) >= 11 is 0. The van der Waals surface area contributed by atoms with Gasteiger partial charge in [-0.15, -0.1) is 0 Å². The number of urea groups is 1. The van der Waals surface area contributed by atoms with Gasteiger partial charge >= 0.3 is 6.03 Å². The van der Waals surface area contributed by atoms with E-state index in [1.165, 1.54) is 4.90 Å². The summed E-state index contributed by atoms with van der Waals surface area (Å²) in [7, 11) is 0. The molecule has 3 N–H and O–H groups in total. The second kappa shape index (κ2) is 9.09. The third-order valence-corrected chi connectivity index (χ3v) is 5.47. The van der Waals surface area contributed by atoms with E-state index in [0.717, 1.165) is 16.9 Å².